The van der Waals surface area contributed by atoms with Gasteiger partial charge in [-0.2, -0.15) is 0 Å². The Morgan fingerprint density at radius 3 is 2.83 bits per heavy atom. The Morgan fingerprint density at radius 1 is 1.13 bits per heavy atom. The predicted octanol–water partition coefficient (Wildman–Crippen LogP) is 4.59. The van der Waals surface area contributed by atoms with Crippen molar-refractivity contribution in [2.45, 2.75) is 6.54 Å². The maximum absolute atomic E-state index is 11.8. The van der Waals surface area contributed by atoms with E-state index in [-0.39, 0.29) is 0 Å². The highest BCUT2D eigenvalue weighted by molar-refractivity contribution is 7.16. The zero-order chi connectivity index (χ0) is 20.7. The number of rotatable bonds is 4. The second-order valence-electron chi connectivity index (χ2n) is 6.63. The summed E-state index contributed by atoms with van der Waals surface area (Å²) in [6.45, 7) is 0.544. The van der Waals surface area contributed by atoms with Gasteiger partial charge < -0.3 is 4.74 Å². The van der Waals surface area contributed by atoms with Crippen LogP contribution in [0.1, 0.15) is 15.9 Å². The van der Waals surface area contributed by atoms with Crippen molar-refractivity contribution in [1.82, 2.24) is 25.0 Å². The third kappa shape index (κ3) is 3.30. The van der Waals surface area contributed by atoms with Crippen LogP contribution in [0.4, 0.5) is 0 Å². The van der Waals surface area contributed by atoms with Crippen LogP contribution in [0.2, 0.25) is 5.02 Å². The molecule has 0 amide bonds. The maximum atomic E-state index is 11.8. The van der Waals surface area contributed by atoms with Crippen molar-refractivity contribution in [2.24, 2.45) is 0 Å². The van der Waals surface area contributed by atoms with E-state index in [1.54, 1.807) is 34.2 Å². The number of halogens is 1. The molecule has 0 atom stereocenters. The topological polar surface area (TPSA) is 82.8 Å². The number of esters is 1. The van der Waals surface area contributed by atoms with Crippen molar-refractivity contribution in [2.75, 3.05) is 7.11 Å². The van der Waals surface area contributed by atoms with E-state index < -0.39 is 5.97 Å². The molecule has 3 aromatic heterocycles. The minimum Gasteiger partial charge on any atom is -0.465 e. The quantitative estimate of drug-likeness (QED) is 0.384. The molecule has 2 aromatic carbocycles. The summed E-state index contributed by atoms with van der Waals surface area (Å²) >= 11 is 7.87. The Hall–Kier alpha value is -3.36. The van der Waals surface area contributed by atoms with Crippen molar-refractivity contribution in [3.63, 3.8) is 0 Å². The lowest BCUT2D eigenvalue weighted by atomic mass is 10.1. The summed E-state index contributed by atoms with van der Waals surface area (Å²) < 4.78 is 7.64. The minimum atomic E-state index is -0.477. The molecular formula is C21H14ClN5O2S. The summed E-state index contributed by atoms with van der Waals surface area (Å²) in [7, 11) is 1.32. The average Bonchev–Trinajstić information content (AvgIpc) is 3.39. The summed E-state index contributed by atoms with van der Waals surface area (Å²) in [6.07, 6.45) is 0. The van der Waals surface area contributed by atoms with Gasteiger partial charge in [-0.3, -0.25) is 0 Å². The lowest BCUT2D eigenvalue weighted by Gasteiger charge is -2.07. The van der Waals surface area contributed by atoms with Crippen LogP contribution < -0.4 is 0 Å². The Labute approximate surface area is 179 Å². The van der Waals surface area contributed by atoms with Crippen LogP contribution in [0.5, 0.6) is 0 Å². The molecule has 0 N–H and O–H groups in total. The number of pyridine rings is 1. The molecule has 30 heavy (non-hydrogen) atoms. The number of thiazole rings is 1. The van der Waals surface area contributed by atoms with Crippen LogP contribution in [0.25, 0.3) is 32.6 Å². The molecule has 0 saturated heterocycles. The molecule has 9 heteroatoms. The SMILES string of the molecule is COC(=O)c1ccc(-c2ccc3nnn(Cc4ccc5ncsc5c4)c3n2)cc1Cl. The Morgan fingerprint density at radius 2 is 2.00 bits per heavy atom. The smallest absolute Gasteiger partial charge is 0.339 e. The average molecular weight is 436 g/mol. The van der Waals surface area contributed by atoms with Crippen LogP contribution in [-0.2, 0) is 11.3 Å². The van der Waals surface area contributed by atoms with E-state index in [2.05, 4.69) is 21.4 Å². The summed E-state index contributed by atoms with van der Waals surface area (Å²) in [5, 5.41) is 8.80. The van der Waals surface area contributed by atoms with E-state index in [4.69, 9.17) is 21.3 Å². The molecule has 5 aromatic rings. The van der Waals surface area contributed by atoms with Gasteiger partial charge in [0, 0.05) is 5.56 Å². The molecular weight excluding hydrogens is 422 g/mol. The number of fused-ring (bicyclic) bond motifs is 2. The second kappa shape index (κ2) is 7.47. The van der Waals surface area contributed by atoms with E-state index in [1.807, 2.05) is 29.8 Å². The highest BCUT2D eigenvalue weighted by Crippen LogP contribution is 2.27. The standard InChI is InChI=1S/C21H14ClN5O2S/c1-29-21(28)14-4-3-13(9-15(14)22)16-6-7-18-20(24-16)27(26-25-18)10-12-2-5-17-19(8-12)30-11-23-17/h2-9,11H,10H2,1H3. The van der Waals surface area contributed by atoms with E-state index in [0.29, 0.717) is 34.0 Å². The van der Waals surface area contributed by atoms with Gasteiger partial charge in [-0.1, -0.05) is 28.9 Å². The first-order valence-corrected chi connectivity index (χ1v) is 10.3. The lowest BCUT2D eigenvalue weighted by Crippen LogP contribution is -2.03. The van der Waals surface area contributed by atoms with Gasteiger partial charge >= 0.3 is 5.97 Å². The van der Waals surface area contributed by atoms with Gasteiger partial charge in [0.15, 0.2) is 5.65 Å². The van der Waals surface area contributed by atoms with E-state index in [0.717, 1.165) is 21.3 Å². The number of carbonyl (C=O) groups is 1. The van der Waals surface area contributed by atoms with Crippen LogP contribution in [0, 0.1) is 0 Å². The van der Waals surface area contributed by atoms with Crippen molar-refractivity contribution in [3.05, 3.63) is 70.2 Å². The molecule has 0 spiro atoms. The molecule has 0 fully saturated rings. The number of hydrogen-bond donors (Lipinski definition) is 0. The van der Waals surface area contributed by atoms with Crippen molar-refractivity contribution in [3.8, 4) is 11.3 Å². The number of carbonyl (C=O) groups excluding carboxylic acids is 1. The monoisotopic (exact) mass is 435 g/mol. The molecule has 0 aliphatic carbocycles. The number of benzene rings is 2. The fourth-order valence-corrected chi connectivity index (χ4v) is 4.24. The van der Waals surface area contributed by atoms with E-state index in [1.165, 1.54) is 7.11 Å². The molecule has 3 heterocycles. The maximum Gasteiger partial charge on any atom is 0.339 e. The highest BCUT2D eigenvalue weighted by Gasteiger charge is 2.14. The molecule has 0 aliphatic rings. The number of hydrogen-bond acceptors (Lipinski definition) is 7. The van der Waals surface area contributed by atoms with Gasteiger partial charge in [-0.25, -0.2) is 19.4 Å². The molecule has 148 valence electrons. The molecule has 5 rings (SSSR count). The first-order chi connectivity index (χ1) is 14.6. The summed E-state index contributed by atoms with van der Waals surface area (Å²) in [6, 6.07) is 15.0. The van der Waals surface area contributed by atoms with Crippen LogP contribution in [-0.4, -0.2) is 38.0 Å². The van der Waals surface area contributed by atoms with E-state index in [9.17, 15) is 4.79 Å². The fraction of sp³-hybridized carbons (Fsp3) is 0.0952. The Bertz CT molecular complexity index is 1410. The van der Waals surface area contributed by atoms with Crippen LogP contribution in [0.3, 0.4) is 0 Å². The van der Waals surface area contributed by atoms with Crippen LogP contribution >= 0.6 is 22.9 Å². The minimum absolute atomic E-state index is 0.311. The van der Waals surface area contributed by atoms with Gasteiger partial charge in [-0.05, 0) is 42.0 Å². The van der Waals surface area contributed by atoms with E-state index >= 15 is 0 Å². The Kier molecular flexibility index (Phi) is 4.65. The number of ether oxygens (including phenoxy) is 1. The molecule has 0 saturated carbocycles. The summed E-state index contributed by atoms with van der Waals surface area (Å²) in [4.78, 5) is 20.8. The van der Waals surface area contributed by atoms with Gasteiger partial charge in [0.05, 0.1) is 45.7 Å². The van der Waals surface area contributed by atoms with Gasteiger partial charge in [0.25, 0.3) is 0 Å². The largest absolute Gasteiger partial charge is 0.465 e. The van der Waals surface area contributed by atoms with Crippen molar-refractivity contribution < 1.29 is 9.53 Å². The fourth-order valence-electron chi connectivity index (χ4n) is 3.24. The van der Waals surface area contributed by atoms with Gasteiger partial charge in [0.2, 0.25) is 0 Å². The Balaban J connectivity index is 1.51. The van der Waals surface area contributed by atoms with Crippen LogP contribution in [0.15, 0.2) is 54.0 Å². The summed E-state index contributed by atoms with van der Waals surface area (Å²) in [5.74, 6) is -0.477. The van der Waals surface area contributed by atoms with Crippen molar-refractivity contribution in [1.29, 1.82) is 0 Å². The van der Waals surface area contributed by atoms with Gasteiger partial charge in [0.1, 0.15) is 5.52 Å². The normalized spacial score (nSPS) is 11.3. The van der Waals surface area contributed by atoms with Crippen molar-refractivity contribution >= 4 is 50.3 Å². The third-order valence-corrected chi connectivity index (χ3v) is 5.86. The molecule has 0 unspecified atom stereocenters. The first-order valence-electron chi connectivity index (χ1n) is 9.03. The zero-order valence-electron chi connectivity index (χ0n) is 15.7. The number of nitrogens with zero attached hydrogens (tertiary/aromatic N) is 5. The second-order valence-corrected chi connectivity index (χ2v) is 7.92. The molecule has 0 bridgehead atoms. The molecule has 0 aliphatic heterocycles. The summed E-state index contributed by atoms with van der Waals surface area (Å²) in [5.41, 5.74) is 7.10. The highest BCUT2D eigenvalue weighted by atomic mass is 35.5. The van der Waals surface area contributed by atoms with Gasteiger partial charge in [-0.15, -0.1) is 16.4 Å². The first kappa shape index (κ1) is 18.7. The lowest BCUT2D eigenvalue weighted by molar-refractivity contribution is 0.0601. The predicted molar refractivity (Wildman–Crippen MR) is 116 cm³/mol. The number of methoxy groups -OCH3 is 1. The zero-order valence-corrected chi connectivity index (χ0v) is 17.3. The molecule has 7 nitrogen and oxygen atoms in total. The number of aromatic nitrogens is 5. The molecule has 0 radical (unpaired) electrons. The third-order valence-electron chi connectivity index (χ3n) is 4.76.